The van der Waals surface area contributed by atoms with Crippen LogP contribution in [0.5, 0.6) is 5.75 Å². The number of carbonyl (C=O) groups is 2. The minimum absolute atomic E-state index is 0.299. The smallest absolute Gasteiger partial charge is 0.343 e. The quantitative estimate of drug-likeness (QED) is 0.0695. The van der Waals surface area contributed by atoms with Gasteiger partial charge in [0.2, 0.25) is 0 Å². The molecule has 3 rings (SSSR count). The van der Waals surface area contributed by atoms with Gasteiger partial charge in [-0.2, -0.15) is 0 Å². The second-order valence-electron chi connectivity index (χ2n) is 12.3. The lowest BCUT2D eigenvalue weighted by Crippen LogP contribution is -2.11. The normalized spacial score (nSPS) is 11.7. The van der Waals surface area contributed by atoms with Gasteiger partial charge in [-0.15, -0.1) is 0 Å². The van der Waals surface area contributed by atoms with Gasteiger partial charge in [-0.05, 0) is 71.8 Å². The minimum atomic E-state index is -0.356. The summed E-state index contributed by atoms with van der Waals surface area (Å²) >= 11 is 0. The van der Waals surface area contributed by atoms with Crippen LogP contribution in [0.15, 0.2) is 72.8 Å². The van der Waals surface area contributed by atoms with Crippen molar-refractivity contribution >= 4 is 11.9 Å². The van der Waals surface area contributed by atoms with Gasteiger partial charge < -0.3 is 9.47 Å². The van der Waals surface area contributed by atoms with E-state index in [1.165, 1.54) is 89.0 Å². The van der Waals surface area contributed by atoms with E-state index in [9.17, 15) is 9.59 Å². The second kappa shape index (κ2) is 20.5. The molecular formula is C40H54O4. The average Bonchev–Trinajstić information content (AvgIpc) is 3.06. The van der Waals surface area contributed by atoms with Crippen LogP contribution in [0, 0.1) is 5.92 Å². The molecule has 0 heterocycles. The molecule has 0 amide bonds. The summed E-state index contributed by atoms with van der Waals surface area (Å²) in [5.41, 5.74) is 4.31. The molecule has 0 radical (unpaired) electrons. The van der Waals surface area contributed by atoms with Crippen LogP contribution in [0.25, 0.3) is 11.1 Å². The highest BCUT2D eigenvalue weighted by molar-refractivity contribution is 5.91. The largest absolute Gasteiger partial charge is 0.462 e. The van der Waals surface area contributed by atoms with E-state index < -0.39 is 0 Å². The maximum absolute atomic E-state index is 12.7. The number of ether oxygens (including phenoxy) is 2. The zero-order valence-corrected chi connectivity index (χ0v) is 27.5. The lowest BCUT2D eigenvalue weighted by Gasteiger charge is -2.10. The van der Waals surface area contributed by atoms with Crippen LogP contribution < -0.4 is 4.74 Å². The Morgan fingerprint density at radius 2 is 1.02 bits per heavy atom. The Morgan fingerprint density at radius 1 is 0.568 bits per heavy atom. The summed E-state index contributed by atoms with van der Waals surface area (Å²) in [6, 6.07) is 22.6. The predicted molar refractivity (Wildman–Crippen MR) is 182 cm³/mol. The summed E-state index contributed by atoms with van der Waals surface area (Å²) in [4.78, 5) is 25.0. The molecular weight excluding hydrogens is 544 g/mol. The van der Waals surface area contributed by atoms with Crippen LogP contribution in [0.3, 0.4) is 0 Å². The molecule has 44 heavy (non-hydrogen) atoms. The van der Waals surface area contributed by atoms with Gasteiger partial charge in [0.15, 0.2) is 0 Å². The molecule has 0 aliphatic carbocycles. The van der Waals surface area contributed by atoms with Crippen LogP contribution in [0.1, 0.15) is 137 Å². The fraction of sp³-hybridized carbons (Fsp3) is 0.500. The lowest BCUT2D eigenvalue weighted by molar-refractivity contribution is 0.0447. The number of benzene rings is 3. The molecule has 0 saturated carbocycles. The first-order valence-electron chi connectivity index (χ1n) is 17.2. The summed E-state index contributed by atoms with van der Waals surface area (Å²) in [5, 5.41) is 0. The van der Waals surface area contributed by atoms with E-state index in [4.69, 9.17) is 9.47 Å². The standard InChI is InChI=1S/C40H54O4/c1-4-6-7-8-9-10-11-12-13-14-15-16-17-18-33-19-21-37(22-20-33)40(42)44-38-29-27-35(28-30-38)34-23-25-36(26-24-34)39(41)43-31-32(3)5-2/h19-30,32H,4-18,31H2,1-3H3. The van der Waals surface area contributed by atoms with Crippen molar-refractivity contribution in [3.63, 3.8) is 0 Å². The first kappa shape index (κ1) is 35.1. The summed E-state index contributed by atoms with van der Waals surface area (Å²) in [7, 11) is 0. The van der Waals surface area contributed by atoms with Gasteiger partial charge >= 0.3 is 11.9 Å². The number of carbonyl (C=O) groups excluding carboxylic acids is 2. The molecule has 3 aromatic rings. The molecule has 1 unspecified atom stereocenters. The summed E-state index contributed by atoms with van der Waals surface area (Å²) in [6.45, 7) is 6.85. The van der Waals surface area contributed by atoms with E-state index in [2.05, 4.69) is 20.8 Å². The molecule has 0 saturated heterocycles. The molecule has 0 spiro atoms. The van der Waals surface area contributed by atoms with E-state index in [1.54, 1.807) is 24.3 Å². The van der Waals surface area contributed by atoms with Crippen LogP contribution in [-0.4, -0.2) is 18.5 Å². The Bertz CT molecular complexity index is 1210. The highest BCUT2D eigenvalue weighted by Gasteiger charge is 2.11. The van der Waals surface area contributed by atoms with Gasteiger partial charge in [0.1, 0.15) is 5.75 Å². The molecule has 238 valence electrons. The van der Waals surface area contributed by atoms with E-state index in [1.807, 2.05) is 48.5 Å². The van der Waals surface area contributed by atoms with Gasteiger partial charge in [-0.1, -0.05) is 141 Å². The fourth-order valence-electron chi connectivity index (χ4n) is 5.25. The lowest BCUT2D eigenvalue weighted by atomic mass is 10.0. The number of esters is 2. The monoisotopic (exact) mass is 598 g/mol. The van der Waals surface area contributed by atoms with Crippen molar-refractivity contribution in [2.24, 2.45) is 5.92 Å². The zero-order valence-electron chi connectivity index (χ0n) is 27.5. The van der Waals surface area contributed by atoms with E-state index >= 15 is 0 Å². The number of hydrogen-bond acceptors (Lipinski definition) is 4. The molecule has 0 bridgehead atoms. The molecule has 3 aromatic carbocycles. The van der Waals surface area contributed by atoms with Crippen LogP contribution in [0.2, 0.25) is 0 Å². The Kier molecular flexibility index (Phi) is 16.4. The van der Waals surface area contributed by atoms with Crippen molar-refractivity contribution in [3.8, 4) is 16.9 Å². The van der Waals surface area contributed by atoms with Crippen molar-refractivity contribution in [3.05, 3.63) is 89.5 Å². The van der Waals surface area contributed by atoms with Crippen LogP contribution in [0.4, 0.5) is 0 Å². The molecule has 4 nitrogen and oxygen atoms in total. The van der Waals surface area contributed by atoms with Crippen LogP contribution >= 0.6 is 0 Å². The van der Waals surface area contributed by atoms with Crippen molar-refractivity contribution in [1.82, 2.24) is 0 Å². The SMILES string of the molecule is CCCCCCCCCCCCCCCc1ccc(C(=O)Oc2ccc(-c3ccc(C(=O)OCC(C)CC)cc3)cc2)cc1. The van der Waals surface area contributed by atoms with E-state index in [0.717, 1.165) is 24.0 Å². The third-order valence-electron chi connectivity index (χ3n) is 8.47. The maximum atomic E-state index is 12.7. The van der Waals surface area contributed by atoms with Crippen LogP contribution in [-0.2, 0) is 11.2 Å². The number of hydrogen-bond donors (Lipinski definition) is 0. The number of unbranched alkanes of at least 4 members (excludes halogenated alkanes) is 12. The number of rotatable bonds is 21. The molecule has 0 aromatic heterocycles. The Labute approximate surface area is 266 Å². The maximum Gasteiger partial charge on any atom is 0.343 e. The molecule has 0 aliphatic rings. The molecule has 0 fully saturated rings. The predicted octanol–water partition coefficient (Wildman–Crippen LogP) is 11.4. The summed E-state index contributed by atoms with van der Waals surface area (Å²) in [5.74, 6) is 0.196. The number of aryl methyl sites for hydroxylation is 1. The topological polar surface area (TPSA) is 52.6 Å². The third-order valence-corrected chi connectivity index (χ3v) is 8.47. The fourth-order valence-corrected chi connectivity index (χ4v) is 5.25. The summed E-state index contributed by atoms with van der Waals surface area (Å²) < 4.78 is 11.0. The molecule has 0 N–H and O–H groups in total. The van der Waals surface area contributed by atoms with E-state index in [0.29, 0.717) is 29.4 Å². The van der Waals surface area contributed by atoms with Crippen molar-refractivity contribution in [2.45, 2.75) is 117 Å². The molecule has 0 aliphatic heterocycles. The second-order valence-corrected chi connectivity index (χ2v) is 12.3. The molecule has 1 atom stereocenters. The summed E-state index contributed by atoms with van der Waals surface area (Å²) in [6.07, 6.45) is 19.7. The van der Waals surface area contributed by atoms with Gasteiger partial charge in [-0.3, -0.25) is 0 Å². The Balaban J connectivity index is 1.33. The Morgan fingerprint density at radius 3 is 1.55 bits per heavy atom. The average molecular weight is 599 g/mol. The van der Waals surface area contributed by atoms with E-state index in [-0.39, 0.29) is 11.9 Å². The first-order valence-corrected chi connectivity index (χ1v) is 17.2. The van der Waals surface area contributed by atoms with Crippen molar-refractivity contribution in [2.75, 3.05) is 6.61 Å². The first-order chi connectivity index (χ1) is 21.5. The molecule has 4 heteroatoms. The van der Waals surface area contributed by atoms with Gasteiger partial charge in [0, 0.05) is 0 Å². The minimum Gasteiger partial charge on any atom is -0.462 e. The Hall–Kier alpha value is -3.40. The van der Waals surface area contributed by atoms with Gasteiger partial charge in [0.05, 0.1) is 17.7 Å². The van der Waals surface area contributed by atoms with Crippen molar-refractivity contribution in [1.29, 1.82) is 0 Å². The highest BCUT2D eigenvalue weighted by atomic mass is 16.5. The zero-order chi connectivity index (χ0) is 31.4. The van der Waals surface area contributed by atoms with Gasteiger partial charge in [-0.25, -0.2) is 9.59 Å². The van der Waals surface area contributed by atoms with Gasteiger partial charge in [0.25, 0.3) is 0 Å². The third kappa shape index (κ3) is 13.1. The highest BCUT2D eigenvalue weighted by Crippen LogP contribution is 2.24. The van der Waals surface area contributed by atoms with Crippen molar-refractivity contribution < 1.29 is 19.1 Å².